The molecular formula is C28H34N6O3. The van der Waals surface area contributed by atoms with Gasteiger partial charge < -0.3 is 30.2 Å². The lowest BCUT2D eigenvalue weighted by atomic mass is 10.0. The van der Waals surface area contributed by atoms with Crippen molar-refractivity contribution in [3.05, 3.63) is 53.3 Å². The van der Waals surface area contributed by atoms with Crippen molar-refractivity contribution in [2.24, 2.45) is 0 Å². The second-order valence-electron chi connectivity index (χ2n) is 10.5. The minimum absolute atomic E-state index is 0.000120. The second-order valence-corrected chi connectivity index (χ2v) is 10.5. The maximum absolute atomic E-state index is 12.8. The molecule has 1 aliphatic carbocycles. The van der Waals surface area contributed by atoms with Crippen LogP contribution in [0.2, 0.25) is 0 Å². The summed E-state index contributed by atoms with van der Waals surface area (Å²) >= 11 is 0. The van der Waals surface area contributed by atoms with E-state index in [0.29, 0.717) is 18.2 Å². The summed E-state index contributed by atoms with van der Waals surface area (Å²) in [5.74, 6) is 2.10. The van der Waals surface area contributed by atoms with E-state index in [2.05, 4.69) is 26.6 Å². The monoisotopic (exact) mass is 502 g/mol. The largest absolute Gasteiger partial charge is 0.412 e. The molecule has 9 nitrogen and oxygen atoms in total. The SMILES string of the molecule is Cc1cc(OC(=O)NCCN2CCC(N3CCc4ccccc4NC3=O)CC2)cc2[nH]c(C3CC3)nc12. The Morgan fingerprint density at radius 1 is 1.14 bits per heavy atom. The minimum Gasteiger partial charge on any atom is -0.410 e. The van der Waals surface area contributed by atoms with Gasteiger partial charge in [-0.3, -0.25) is 0 Å². The molecule has 2 aromatic carbocycles. The maximum atomic E-state index is 12.8. The van der Waals surface area contributed by atoms with E-state index in [9.17, 15) is 9.59 Å². The molecule has 37 heavy (non-hydrogen) atoms. The van der Waals surface area contributed by atoms with Crippen molar-refractivity contribution < 1.29 is 14.3 Å². The van der Waals surface area contributed by atoms with Crippen molar-refractivity contribution >= 4 is 28.8 Å². The van der Waals surface area contributed by atoms with Crippen LogP contribution >= 0.6 is 0 Å². The zero-order valence-corrected chi connectivity index (χ0v) is 21.3. The van der Waals surface area contributed by atoms with Gasteiger partial charge in [-0.2, -0.15) is 0 Å². The van der Waals surface area contributed by atoms with Gasteiger partial charge >= 0.3 is 12.1 Å². The number of carbonyl (C=O) groups is 2. The van der Waals surface area contributed by atoms with E-state index < -0.39 is 6.09 Å². The average molecular weight is 503 g/mol. The van der Waals surface area contributed by atoms with Gasteiger partial charge in [0.1, 0.15) is 11.6 Å². The van der Waals surface area contributed by atoms with E-state index in [1.54, 1.807) is 0 Å². The fraction of sp³-hybridized carbons (Fsp3) is 0.464. The number of aryl methyl sites for hydroxylation is 1. The Morgan fingerprint density at radius 3 is 2.76 bits per heavy atom. The van der Waals surface area contributed by atoms with Gasteiger partial charge in [0.05, 0.1) is 11.0 Å². The summed E-state index contributed by atoms with van der Waals surface area (Å²) in [5, 5.41) is 5.95. The lowest BCUT2D eigenvalue weighted by Gasteiger charge is -2.37. The fourth-order valence-electron chi connectivity index (χ4n) is 5.54. The molecule has 2 aliphatic heterocycles. The van der Waals surface area contributed by atoms with Crippen LogP contribution in [0.3, 0.4) is 0 Å². The fourth-order valence-corrected chi connectivity index (χ4v) is 5.54. The van der Waals surface area contributed by atoms with Crippen LogP contribution in [0.25, 0.3) is 11.0 Å². The van der Waals surface area contributed by atoms with Gasteiger partial charge in [-0.1, -0.05) is 18.2 Å². The van der Waals surface area contributed by atoms with Crippen LogP contribution in [-0.4, -0.2) is 70.7 Å². The summed E-state index contributed by atoms with van der Waals surface area (Å²) in [5.41, 5.74) is 4.97. The smallest absolute Gasteiger partial charge is 0.410 e. The lowest BCUT2D eigenvalue weighted by Crippen LogP contribution is -2.49. The van der Waals surface area contributed by atoms with E-state index in [0.717, 1.165) is 73.6 Å². The number of nitrogens with zero attached hydrogens (tertiary/aromatic N) is 3. The first kappa shape index (κ1) is 23.8. The van der Waals surface area contributed by atoms with Crippen molar-refractivity contribution in [1.29, 1.82) is 0 Å². The number of benzene rings is 2. The Kier molecular flexibility index (Phi) is 6.46. The molecule has 3 heterocycles. The molecule has 0 atom stereocenters. The maximum Gasteiger partial charge on any atom is 0.412 e. The van der Waals surface area contributed by atoms with Gasteiger partial charge in [0.2, 0.25) is 0 Å². The van der Waals surface area contributed by atoms with Crippen LogP contribution < -0.4 is 15.4 Å². The quantitative estimate of drug-likeness (QED) is 0.464. The van der Waals surface area contributed by atoms with Gasteiger partial charge in [0, 0.05) is 56.4 Å². The number of H-pyrrole nitrogens is 1. The number of amides is 3. The highest BCUT2D eigenvalue weighted by Crippen LogP contribution is 2.39. The number of urea groups is 1. The molecule has 0 spiro atoms. The Hall–Kier alpha value is -3.59. The molecule has 1 aromatic heterocycles. The molecular weight excluding hydrogens is 468 g/mol. The van der Waals surface area contributed by atoms with E-state index in [1.165, 1.54) is 18.4 Å². The van der Waals surface area contributed by atoms with E-state index in [4.69, 9.17) is 9.72 Å². The van der Waals surface area contributed by atoms with Crippen molar-refractivity contribution in [1.82, 2.24) is 25.1 Å². The number of ether oxygens (including phenoxy) is 1. The number of aromatic amines is 1. The highest BCUT2D eigenvalue weighted by Gasteiger charge is 2.30. The Bertz CT molecular complexity index is 1310. The third kappa shape index (κ3) is 5.27. The molecule has 9 heteroatoms. The zero-order valence-electron chi connectivity index (χ0n) is 21.3. The molecule has 3 aliphatic rings. The molecule has 1 saturated carbocycles. The number of para-hydroxylation sites is 1. The third-order valence-corrected chi connectivity index (χ3v) is 7.78. The predicted octanol–water partition coefficient (Wildman–Crippen LogP) is 4.39. The van der Waals surface area contributed by atoms with Crippen LogP contribution in [-0.2, 0) is 6.42 Å². The molecule has 3 N–H and O–H groups in total. The van der Waals surface area contributed by atoms with Gasteiger partial charge in [-0.05, 0) is 62.3 Å². The Labute approximate surface area is 216 Å². The van der Waals surface area contributed by atoms with Crippen molar-refractivity contribution in [3.63, 3.8) is 0 Å². The highest BCUT2D eigenvalue weighted by molar-refractivity contribution is 5.91. The van der Waals surface area contributed by atoms with E-state index >= 15 is 0 Å². The molecule has 6 rings (SSSR count). The van der Waals surface area contributed by atoms with Crippen molar-refractivity contribution in [3.8, 4) is 5.75 Å². The third-order valence-electron chi connectivity index (χ3n) is 7.78. The number of carbonyl (C=O) groups excluding carboxylic acids is 2. The summed E-state index contributed by atoms with van der Waals surface area (Å²) in [7, 11) is 0. The molecule has 1 saturated heterocycles. The number of hydrogen-bond acceptors (Lipinski definition) is 5. The van der Waals surface area contributed by atoms with Gasteiger partial charge in [0.15, 0.2) is 0 Å². The number of anilines is 1. The summed E-state index contributed by atoms with van der Waals surface area (Å²) < 4.78 is 5.56. The molecule has 0 bridgehead atoms. The van der Waals surface area contributed by atoms with E-state index in [1.807, 2.05) is 42.2 Å². The van der Waals surface area contributed by atoms with Gasteiger partial charge in [-0.15, -0.1) is 0 Å². The first-order chi connectivity index (χ1) is 18.0. The number of fused-ring (bicyclic) bond motifs is 2. The summed E-state index contributed by atoms with van der Waals surface area (Å²) in [6, 6.07) is 12.0. The van der Waals surface area contributed by atoms with Crippen molar-refractivity contribution in [2.45, 2.75) is 51.0 Å². The predicted molar refractivity (Wildman–Crippen MR) is 142 cm³/mol. The molecule has 2 fully saturated rings. The minimum atomic E-state index is -0.448. The van der Waals surface area contributed by atoms with Gasteiger partial charge in [0.25, 0.3) is 0 Å². The van der Waals surface area contributed by atoms with Crippen LogP contribution in [0.1, 0.15) is 48.6 Å². The normalized spacial score (nSPS) is 18.8. The zero-order chi connectivity index (χ0) is 25.4. The van der Waals surface area contributed by atoms with E-state index in [-0.39, 0.29) is 12.1 Å². The van der Waals surface area contributed by atoms with Crippen molar-refractivity contribution in [2.75, 3.05) is 38.0 Å². The van der Waals surface area contributed by atoms with Crippen LogP contribution in [0.5, 0.6) is 5.75 Å². The number of rotatable bonds is 6. The molecule has 0 unspecified atom stereocenters. The topological polar surface area (TPSA) is 103 Å². The lowest BCUT2D eigenvalue weighted by molar-refractivity contribution is 0.128. The van der Waals surface area contributed by atoms with Gasteiger partial charge in [-0.25, -0.2) is 14.6 Å². The van der Waals surface area contributed by atoms with Crippen LogP contribution in [0.15, 0.2) is 36.4 Å². The number of hydrogen-bond donors (Lipinski definition) is 3. The molecule has 3 aromatic rings. The summed E-state index contributed by atoms with van der Waals surface area (Å²) in [4.78, 5) is 37.7. The number of nitrogens with one attached hydrogen (secondary N) is 3. The number of aromatic nitrogens is 2. The Morgan fingerprint density at radius 2 is 1.95 bits per heavy atom. The second kappa shape index (κ2) is 10.0. The first-order valence-corrected chi connectivity index (χ1v) is 13.4. The number of likely N-dealkylation sites (tertiary alicyclic amines) is 1. The molecule has 0 radical (unpaired) electrons. The number of imidazole rings is 1. The molecule has 194 valence electrons. The standard InChI is InChI=1S/C28H34N6O3/c1-18-16-22(17-24-25(18)32-26(30-24)20-6-7-20)37-28(36)29-11-15-33-12-9-21(10-13-33)34-14-8-19-4-2-3-5-23(19)31-27(34)35/h2-5,16-17,20-21H,6-15H2,1H3,(H,29,36)(H,30,32)(H,31,35). The summed E-state index contributed by atoms with van der Waals surface area (Å²) in [6.07, 6.45) is 4.66. The average Bonchev–Trinajstić information content (AvgIpc) is 3.67. The Balaban J connectivity index is 0.951. The van der Waals surface area contributed by atoms with Crippen LogP contribution in [0.4, 0.5) is 15.3 Å². The first-order valence-electron chi connectivity index (χ1n) is 13.4. The number of piperidine rings is 1. The summed E-state index contributed by atoms with van der Waals surface area (Å²) in [6.45, 7) is 5.80. The molecule has 3 amide bonds. The van der Waals surface area contributed by atoms with Crippen LogP contribution in [0, 0.1) is 6.92 Å². The highest BCUT2D eigenvalue weighted by atomic mass is 16.6.